The van der Waals surface area contributed by atoms with Crippen molar-refractivity contribution in [3.8, 4) is 0 Å². The molecule has 106 valence electrons. The average molecular weight is 315 g/mol. The Balaban J connectivity index is 1.95. The van der Waals surface area contributed by atoms with Crippen LogP contribution in [0.3, 0.4) is 0 Å². The van der Waals surface area contributed by atoms with E-state index in [0.717, 1.165) is 5.56 Å². The van der Waals surface area contributed by atoms with E-state index in [4.69, 9.17) is 32.8 Å². The van der Waals surface area contributed by atoms with Gasteiger partial charge in [-0.1, -0.05) is 34.4 Å². The van der Waals surface area contributed by atoms with Gasteiger partial charge in [0.05, 0.1) is 10.0 Å². The first-order chi connectivity index (χ1) is 9.54. The third kappa shape index (κ3) is 4.21. The van der Waals surface area contributed by atoms with E-state index >= 15 is 0 Å². The first kappa shape index (κ1) is 14.8. The molecular weight excluding hydrogens is 303 g/mol. The number of carbonyl (C=O) groups is 1. The van der Waals surface area contributed by atoms with Crippen LogP contribution in [0.25, 0.3) is 0 Å². The van der Waals surface area contributed by atoms with Crippen molar-refractivity contribution in [1.29, 1.82) is 0 Å². The number of aromatic nitrogens is 2. The molecule has 0 radical (unpaired) electrons. The van der Waals surface area contributed by atoms with Crippen LogP contribution in [0.15, 0.2) is 22.7 Å². The lowest BCUT2D eigenvalue weighted by Crippen LogP contribution is -1.96. The molecule has 0 fully saturated rings. The fraction of sp³-hybridized carbons (Fsp3) is 0.308. The summed E-state index contributed by atoms with van der Waals surface area (Å²) < 4.78 is 5.06. The summed E-state index contributed by atoms with van der Waals surface area (Å²) in [5.74, 6) is 0.149. The maximum Gasteiger partial charge on any atom is 0.303 e. The highest BCUT2D eigenvalue weighted by molar-refractivity contribution is 6.42. The highest BCUT2D eigenvalue weighted by Gasteiger charge is 2.09. The SMILES string of the molecule is O=C(O)CCCc1nc(Cc2ccc(Cl)c(Cl)c2)no1. The summed E-state index contributed by atoms with van der Waals surface area (Å²) in [6, 6.07) is 5.31. The largest absolute Gasteiger partial charge is 0.481 e. The van der Waals surface area contributed by atoms with Crippen molar-refractivity contribution in [2.45, 2.75) is 25.7 Å². The van der Waals surface area contributed by atoms with Crippen LogP contribution >= 0.6 is 23.2 Å². The van der Waals surface area contributed by atoms with Gasteiger partial charge >= 0.3 is 5.97 Å². The normalized spacial score (nSPS) is 10.7. The zero-order valence-corrected chi connectivity index (χ0v) is 12.0. The van der Waals surface area contributed by atoms with E-state index < -0.39 is 5.97 Å². The van der Waals surface area contributed by atoms with Gasteiger partial charge in [0.15, 0.2) is 5.82 Å². The molecule has 0 bridgehead atoms. The smallest absolute Gasteiger partial charge is 0.303 e. The van der Waals surface area contributed by atoms with Gasteiger partial charge in [-0.3, -0.25) is 4.79 Å². The van der Waals surface area contributed by atoms with E-state index in [1.165, 1.54) is 0 Å². The van der Waals surface area contributed by atoms with E-state index in [-0.39, 0.29) is 6.42 Å². The van der Waals surface area contributed by atoms with Gasteiger partial charge in [-0.05, 0) is 24.1 Å². The Hall–Kier alpha value is -1.59. The summed E-state index contributed by atoms with van der Waals surface area (Å²) in [7, 11) is 0. The minimum absolute atomic E-state index is 0.0878. The van der Waals surface area contributed by atoms with Crippen LogP contribution < -0.4 is 0 Å². The zero-order valence-electron chi connectivity index (χ0n) is 10.5. The van der Waals surface area contributed by atoms with Gasteiger partial charge in [0.2, 0.25) is 5.89 Å². The van der Waals surface area contributed by atoms with Crippen LogP contribution in [0.5, 0.6) is 0 Å². The van der Waals surface area contributed by atoms with Gasteiger partial charge in [0.1, 0.15) is 0 Å². The van der Waals surface area contributed by atoms with Crippen molar-refractivity contribution in [3.05, 3.63) is 45.5 Å². The molecule has 0 atom stereocenters. The molecule has 0 amide bonds. The molecule has 0 aliphatic rings. The fourth-order valence-corrected chi connectivity index (χ4v) is 2.01. The monoisotopic (exact) mass is 314 g/mol. The Labute approximate surface area is 125 Å². The summed E-state index contributed by atoms with van der Waals surface area (Å²) >= 11 is 11.8. The van der Waals surface area contributed by atoms with Crippen molar-refractivity contribution in [3.63, 3.8) is 0 Å². The van der Waals surface area contributed by atoms with E-state index in [1.54, 1.807) is 12.1 Å². The molecule has 7 heteroatoms. The Morgan fingerprint density at radius 1 is 1.30 bits per heavy atom. The summed E-state index contributed by atoms with van der Waals surface area (Å²) in [6.45, 7) is 0. The molecule has 1 heterocycles. The van der Waals surface area contributed by atoms with E-state index in [2.05, 4.69) is 10.1 Å². The van der Waals surface area contributed by atoms with Gasteiger partial charge in [-0.15, -0.1) is 0 Å². The number of hydrogen-bond acceptors (Lipinski definition) is 4. The molecule has 0 aliphatic carbocycles. The molecule has 1 aromatic carbocycles. The fourth-order valence-electron chi connectivity index (χ4n) is 1.69. The Morgan fingerprint density at radius 3 is 2.80 bits per heavy atom. The number of nitrogens with zero attached hydrogens (tertiary/aromatic N) is 2. The van der Waals surface area contributed by atoms with Crippen LogP contribution in [-0.4, -0.2) is 21.2 Å². The highest BCUT2D eigenvalue weighted by atomic mass is 35.5. The molecule has 5 nitrogen and oxygen atoms in total. The van der Waals surface area contributed by atoms with Crippen molar-refractivity contribution in [1.82, 2.24) is 10.1 Å². The van der Waals surface area contributed by atoms with Gasteiger partial charge in [-0.25, -0.2) is 0 Å². The number of benzene rings is 1. The molecule has 2 aromatic rings. The first-order valence-corrected chi connectivity index (χ1v) is 6.77. The summed E-state index contributed by atoms with van der Waals surface area (Å²) in [5, 5.41) is 13.4. The minimum Gasteiger partial charge on any atom is -0.481 e. The van der Waals surface area contributed by atoms with Crippen LogP contribution in [0.4, 0.5) is 0 Å². The van der Waals surface area contributed by atoms with E-state index in [1.807, 2.05) is 6.07 Å². The maximum atomic E-state index is 10.4. The van der Waals surface area contributed by atoms with Crippen molar-refractivity contribution < 1.29 is 14.4 Å². The third-order valence-electron chi connectivity index (χ3n) is 2.64. The quantitative estimate of drug-likeness (QED) is 0.884. The molecule has 0 spiro atoms. The van der Waals surface area contributed by atoms with Crippen LogP contribution in [-0.2, 0) is 17.6 Å². The zero-order chi connectivity index (χ0) is 14.5. The van der Waals surface area contributed by atoms with E-state index in [9.17, 15) is 4.79 Å². The first-order valence-electron chi connectivity index (χ1n) is 6.02. The van der Waals surface area contributed by atoms with Crippen molar-refractivity contribution in [2.75, 3.05) is 0 Å². The van der Waals surface area contributed by atoms with E-state index in [0.29, 0.717) is 41.0 Å². The second-order valence-electron chi connectivity index (χ2n) is 4.28. The molecule has 0 aliphatic heterocycles. The summed E-state index contributed by atoms with van der Waals surface area (Å²) in [4.78, 5) is 14.6. The number of halogens is 2. The lowest BCUT2D eigenvalue weighted by Gasteiger charge is -1.99. The third-order valence-corrected chi connectivity index (χ3v) is 3.38. The molecule has 0 unspecified atom stereocenters. The van der Waals surface area contributed by atoms with Gasteiger partial charge in [0, 0.05) is 19.3 Å². The van der Waals surface area contributed by atoms with Crippen LogP contribution in [0.1, 0.15) is 30.1 Å². The van der Waals surface area contributed by atoms with Crippen molar-refractivity contribution >= 4 is 29.2 Å². The standard InChI is InChI=1S/C13H12Cl2N2O3/c14-9-5-4-8(6-10(9)15)7-11-16-12(20-17-11)2-1-3-13(18)19/h4-6H,1-3,7H2,(H,18,19). The number of carboxylic acid groups (broad SMARTS) is 1. The molecule has 2 rings (SSSR count). The number of rotatable bonds is 6. The summed E-state index contributed by atoms with van der Waals surface area (Å²) in [5.41, 5.74) is 0.928. The second-order valence-corrected chi connectivity index (χ2v) is 5.09. The topological polar surface area (TPSA) is 76.2 Å². The average Bonchev–Trinajstić information content (AvgIpc) is 2.81. The summed E-state index contributed by atoms with van der Waals surface area (Å²) in [6.07, 6.45) is 1.51. The molecular formula is C13H12Cl2N2O3. The molecule has 1 N–H and O–H groups in total. The van der Waals surface area contributed by atoms with Gasteiger partial charge in [0.25, 0.3) is 0 Å². The lowest BCUT2D eigenvalue weighted by atomic mass is 10.1. The molecule has 0 saturated carbocycles. The Morgan fingerprint density at radius 2 is 2.10 bits per heavy atom. The molecule has 0 saturated heterocycles. The number of aryl methyl sites for hydroxylation is 1. The molecule has 20 heavy (non-hydrogen) atoms. The maximum absolute atomic E-state index is 10.4. The van der Waals surface area contributed by atoms with Crippen LogP contribution in [0.2, 0.25) is 10.0 Å². The van der Waals surface area contributed by atoms with Crippen molar-refractivity contribution in [2.24, 2.45) is 0 Å². The van der Waals surface area contributed by atoms with Gasteiger partial charge in [-0.2, -0.15) is 4.98 Å². The Kier molecular flexibility index (Phi) is 4.98. The number of hydrogen-bond donors (Lipinski definition) is 1. The molecule has 1 aromatic heterocycles. The predicted octanol–water partition coefficient (Wildman–Crippen LogP) is 3.37. The minimum atomic E-state index is -0.833. The number of aliphatic carboxylic acids is 1. The number of carboxylic acids is 1. The Bertz CT molecular complexity index is 613. The predicted molar refractivity (Wildman–Crippen MR) is 74.1 cm³/mol. The van der Waals surface area contributed by atoms with Crippen LogP contribution in [0, 0.1) is 0 Å². The second kappa shape index (κ2) is 6.72. The van der Waals surface area contributed by atoms with Gasteiger partial charge < -0.3 is 9.63 Å². The lowest BCUT2D eigenvalue weighted by molar-refractivity contribution is -0.137. The highest BCUT2D eigenvalue weighted by Crippen LogP contribution is 2.23.